The van der Waals surface area contributed by atoms with Gasteiger partial charge >= 0.3 is 0 Å². The molecule has 90 valence electrons. The van der Waals surface area contributed by atoms with E-state index >= 15 is 0 Å². The third-order valence-electron chi connectivity index (χ3n) is 3.70. The second kappa shape index (κ2) is 3.67. The van der Waals surface area contributed by atoms with Gasteiger partial charge in [-0.2, -0.15) is 0 Å². The molecule has 0 fully saturated rings. The van der Waals surface area contributed by atoms with Crippen molar-refractivity contribution in [3.63, 3.8) is 0 Å². The second-order valence-corrected chi connectivity index (χ2v) is 4.86. The molecule has 4 rings (SSSR count). The van der Waals surface area contributed by atoms with Gasteiger partial charge in [-0.05, 0) is 35.7 Å². The molecule has 2 aromatic rings. The number of benzene rings is 2. The van der Waals surface area contributed by atoms with Gasteiger partial charge < -0.3 is 16.0 Å². The van der Waals surface area contributed by atoms with E-state index in [9.17, 15) is 0 Å². The predicted molar refractivity (Wildman–Crippen MR) is 75.1 cm³/mol. The number of hydrogen-bond acceptors (Lipinski definition) is 3. The maximum Gasteiger partial charge on any atom is 0.123 e. The molecule has 0 bridgehead atoms. The van der Waals surface area contributed by atoms with Crippen molar-refractivity contribution in [3.05, 3.63) is 53.6 Å². The van der Waals surface area contributed by atoms with Gasteiger partial charge in [0.05, 0.1) is 11.4 Å². The van der Waals surface area contributed by atoms with E-state index in [-0.39, 0.29) is 6.17 Å². The van der Waals surface area contributed by atoms with Gasteiger partial charge in [-0.3, -0.25) is 0 Å². The molecule has 3 N–H and O–H groups in total. The Kier molecular flexibility index (Phi) is 2.00. The van der Waals surface area contributed by atoms with Crippen molar-refractivity contribution >= 4 is 17.1 Å². The highest BCUT2D eigenvalue weighted by Crippen LogP contribution is 2.36. The van der Waals surface area contributed by atoms with Gasteiger partial charge in [0.2, 0.25) is 0 Å². The van der Waals surface area contributed by atoms with Gasteiger partial charge in [0, 0.05) is 12.2 Å². The van der Waals surface area contributed by atoms with Crippen LogP contribution in [0.15, 0.2) is 42.5 Å². The lowest BCUT2D eigenvalue weighted by molar-refractivity contribution is 0.941. The summed E-state index contributed by atoms with van der Waals surface area (Å²) in [5.41, 5.74) is 6.34. The van der Waals surface area contributed by atoms with Gasteiger partial charge in [0.25, 0.3) is 0 Å². The maximum atomic E-state index is 3.50. The van der Waals surface area contributed by atoms with E-state index in [0.29, 0.717) is 0 Å². The molecule has 3 nitrogen and oxygen atoms in total. The smallest absolute Gasteiger partial charge is 0.123 e. The Labute approximate surface area is 106 Å². The third kappa shape index (κ3) is 1.44. The van der Waals surface area contributed by atoms with Crippen LogP contribution in [0.4, 0.5) is 17.1 Å². The lowest BCUT2D eigenvalue weighted by Gasteiger charge is -2.14. The molecule has 3 heteroatoms. The molecule has 0 radical (unpaired) electrons. The van der Waals surface area contributed by atoms with E-state index in [1.165, 1.54) is 28.2 Å². The van der Waals surface area contributed by atoms with E-state index in [1.54, 1.807) is 0 Å². The van der Waals surface area contributed by atoms with Crippen molar-refractivity contribution in [1.82, 2.24) is 0 Å². The monoisotopic (exact) mass is 237 g/mol. The van der Waals surface area contributed by atoms with Crippen molar-refractivity contribution in [1.29, 1.82) is 0 Å². The zero-order chi connectivity index (χ0) is 11.9. The van der Waals surface area contributed by atoms with Crippen LogP contribution in [0.2, 0.25) is 0 Å². The van der Waals surface area contributed by atoms with Crippen LogP contribution in [0.5, 0.6) is 0 Å². The molecule has 0 saturated carbocycles. The average molecular weight is 237 g/mol. The van der Waals surface area contributed by atoms with Crippen molar-refractivity contribution in [2.24, 2.45) is 0 Å². The molecule has 0 aromatic heterocycles. The van der Waals surface area contributed by atoms with Crippen LogP contribution >= 0.6 is 0 Å². The van der Waals surface area contributed by atoms with Gasteiger partial charge in [0.15, 0.2) is 0 Å². The Bertz CT molecular complexity index is 581. The highest BCUT2D eigenvalue weighted by atomic mass is 15.2. The minimum Gasteiger partial charge on any atom is -0.384 e. The molecule has 0 spiro atoms. The van der Waals surface area contributed by atoms with Crippen molar-refractivity contribution in [2.75, 3.05) is 22.5 Å². The molecule has 0 aliphatic carbocycles. The van der Waals surface area contributed by atoms with Gasteiger partial charge in [-0.1, -0.05) is 24.3 Å². The molecule has 0 amide bonds. The lowest BCUT2D eigenvalue weighted by atomic mass is 10.1. The highest BCUT2D eigenvalue weighted by Gasteiger charge is 2.21. The molecular weight excluding hydrogens is 222 g/mol. The predicted octanol–water partition coefficient (Wildman–Crippen LogP) is 3.19. The first kappa shape index (κ1) is 9.83. The zero-order valence-corrected chi connectivity index (χ0v) is 10.0. The number of rotatable bonds is 1. The Morgan fingerprint density at radius 1 is 0.889 bits per heavy atom. The standard InChI is InChI=1S/C15H15N3/c1-2-4-13-12(3-1)17-15(18-13)11-6-5-10-7-8-16-14(10)9-11/h1-6,9,15-18H,7-8H2. The van der Waals surface area contributed by atoms with E-state index in [0.717, 1.165) is 13.0 Å². The first-order valence-electron chi connectivity index (χ1n) is 6.39. The fraction of sp³-hybridized carbons (Fsp3) is 0.200. The summed E-state index contributed by atoms with van der Waals surface area (Å²) in [6.45, 7) is 1.06. The zero-order valence-electron chi connectivity index (χ0n) is 10.0. The van der Waals surface area contributed by atoms with Crippen molar-refractivity contribution in [2.45, 2.75) is 12.6 Å². The first-order chi connectivity index (χ1) is 8.90. The van der Waals surface area contributed by atoms with Gasteiger partial charge in [-0.15, -0.1) is 0 Å². The van der Waals surface area contributed by atoms with Gasteiger partial charge in [0.1, 0.15) is 6.17 Å². The molecule has 0 atom stereocenters. The molecule has 0 saturated heterocycles. The Hall–Kier alpha value is -2.16. The van der Waals surface area contributed by atoms with Crippen LogP contribution in [0, 0.1) is 0 Å². The van der Waals surface area contributed by atoms with Crippen LogP contribution in [0.1, 0.15) is 17.3 Å². The van der Waals surface area contributed by atoms with Crippen LogP contribution in [0.3, 0.4) is 0 Å². The number of hydrogen-bond donors (Lipinski definition) is 3. The molecule has 2 aliphatic heterocycles. The number of fused-ring (bicyclic) bond motifs is 2. The molecule has 18 heavy (non-hydrogen) atoms. The fourth-order valence-corrected chi connectivity index (χ4v) is 2.74. The number of para-hydroxylation sites is 2. The second-order valence-electron chi connectivity index (χ2n) is 4.86. The Balaban J connectivity index is 1.66. The van der Waals surface area contributed by atoms with E-state index in [2.05, 4.69) is 58.4 Å². The molecule has 2 heterocycles. The summed E-state index contributed by atoms with van der Waals surface area (Å²) in [5, 5.41) is 10.4. The summed E-state index contributed by atoms with van der Waals surface area (Å²) >= 11 is 0. The Morgan fingerprint density at radius 2 is 1.67 bits per heavy atom. The summed E-state index contributed by atoms with van der Waals surface area (Å²) < 4.78 is 0. The van der Waals surface area contributed by atoms with E-state index < -0.39 is 0 Å². The van der Waals surface area contributed by atoms with Crippen LogP contribution in [-0.2, 0) is 6.42 Å². The summed E-state index contributed by atoms with van der Waals surface area (Å²) in [6, 6.07) is 15.0. The SMILES string of the molecule is c1ccc2c(c1)NC(c1ccc3c(c1)NCC3)N2. The summed E-state index contributed by atoms with van der Waals surface area (Å²) in [5.74, 6) is 0. The summed E-state index contributed by atoms with van der Waals surface area (Å²) in [4.78, 5) is 0. The number of anilines is 3. The average Bonchev–Trinajstić information content (AvgIpc) is 3.04. The fourth-order valence-electron chi connectivity index (χ4n) is 2.74. The van der Waals surface area contributed by atoms with Crippen LogP contribution in [0.25, 0.3) is 0 Å². The molecule has 2 aromatic carbocycles. The highest BCUT2D eigenvalue weighted by molar-refractivity contribution is 5.75. The van der Waals surface area contributed by atoms with E-state index in [4.69, 9.17) is 0 Å². The molecule has 0 unspecified atom stereocenters. The lowest BCUT2D eigenvalue weighted by Crippen LogP contribution is -2.12. The van der Waals surface area contributed by atoms with Crippen molar-refractivity contribution < 1.29 is 0 Å². The van der Waals surface area contributed by atoms with Crippen LogP contribution in [-0.4, -0.2) is 6.54 Å². The number of nitrogens with one attached hydrogen (secondary N) is 3. The topological polar surface area (TPSA) is 36.1 Å². The van der Waals surface area contributed by atoms with Crippen molar-refractivity contribution in [3.8, 4) is 0 Å². The largest absolute Gasteiger partial charge is 0.384 e. The minimum absolute atomic E-state index is 0.176. The maximum absolute atomic E-state index is 3.50. The minimum atomic E-state index is 0.176. The van der Waals surface area contributed by atoms with E-state index in [1.807, 2.05) is 0 Å². The van der Waals surface area contributed by atoms with Crippen LogP contribution < -0.4 is 16.0 Å². The molecule has 2 aliphatic rings. The Morgan fingerprint density at radius 3 is 2.44 bits per heavy atom. The quantitative estimate of drug-likeness (QED) is 0.713. The van der Waals surface area contributed by atoms with Gasteiger partial charge in [-0.25, -0.2) is 0 Å². The third-order valence-corrected chi connectivity index (χ3v) is 3.70. The summed E-state index contributed by atoms with van der Waals surface area (Å²) in [7, 11) is 0. The first-order valence-corrected chi connectivity index (χ1v) is 6.39. The normalized spacial score (nSPS) is 16.4. The summed E-state index contributed by atoms with van der Waals surface area (Å²) in [6.07, 6.45) is 1.32. The molecular formula is C15H15N3.